The maximum absolute atomic E-state index is 10.9. The highest BCUT2D eigenvalue weighted by atomic mass is 35.5. The highest BCUT2D eigenvalue weighted by molar-refractivity contribution is 7.98. The summed E-state index contributed by atoms with van der Waals surface area (Å²) in [7, 11) is 0. The van der Waals surface area contributed by atoms with E-state index in [-0.39, 0.29) is 24.8 Å². The maximum atomic E-state index is 10.9. The number of carbonyl (C=O) groups is 1. The van der Waals surface area contributed by atoms with Crippen LogP contribution < -0.4 is 9.47 Å². The van der Waals surface area contributed by atoms with Crippen LogP contribution in [-0.4, -0.2) is 24.1 Å². The van der Waals surface area contributed by atoms with E-state index in [4.69, 9.17) is 14.6 Å². The Morgan fingerprint density at radius 1 is 1.47 bits per heavy atom. The second kappa shape index (κ2) is 4.63. The highest BCUT2D eigenvalue weighted by Gasteiger charge is 2.22. The maximum Gasteiger partial charge on any atom is 0.336 e. The van der Waals surface area contributed by atoms with Gasteiger partial charge in [-0.25, -0.2) is 4.79 Å². The van der Waals surface area contributed by atoms with Gasteiger partial charge in [-0.15, -0.1) is 24.2 Å². The van der Waals surface area contributed by atoms with E-state index in [0.717, 1.165) is 0 Å². The van der Waals surface area contributed by atoms with Gasteiger partial charge in [-0.2, -0.15) is 0 Å². The van der Waals surface area contributed by atoms with Crippen molar-refractivity contribution in [1.29, 1.82) is 0 Å². The third kappa shape index (κ3) is 1.98. The number of carboxylic acid groups (broad SMARTS) is 1. The molecule has 2 rings (SSSR count). The lowest BCUT2D eigenvalue weighted by molar-refractivity contribution is 0.0692. The fraction of sp³-hybridized carbons (Fsp3) is 0.222. The van der Waals surface area contributed by atoms with Crippen molar-refractivity contribution in [2.45, 2.75) is 4.90 Å². The number of fused-ring (bicyclic) bond motifs is 1. The van der Waals surface area contributed by atoms with Crippen molar-refractivity contribution in [3.05, 3.63) is 17.7 Å². The van der Waals surface area contributed by atoms with Crippen LogP contribution in [-0.2, 0) is 0 Å². The number of thioether (sulfide) groups is 1. The van der Waals surface area contributed by atoms with E-state index < -0.39 is 5.97 Å². The summed E-state index contributed by atoms with van der Waals surface area (Å²) in [5, 5.41) is 8.92. The molecule has 0 unspecified atom stereocenters. The molecule has 4 nitrogen and oxygen atoms in total. The summed E-state index contributed by atoms with van der Waals surface area (Å²) in [6, 6.07) is 3.15. The molecule has 1 aromatic carbocycles. The minimum Gasteiger partial charge on any atom is -0.478 e. The van der Waals surface area contributed by atoms with Crippen molar-refractivity contribution < 1.29 is 19.4 Å². The molecule has 0 spiro atoms. The third-order valence-corrected chi connectivity index (χ3v) is 2.74. The summed E-state index contributed by atoms with van der Waals surface area (Å²) >= 11 is 1.34. The molecule has 1 N–H and O–H groups in total. The van der Waals surface area contributed by atoms with Crippen molar-refractivity contribution in [2.75, 3.05) is 13.0 Å². The van der Waals surface area contributed by atoms with E-state index in [9.17, 15) is 4.79 Å². The predicted octanol–water partition coefficient (Wildman–Crippen LogP) is 2.26. The molecule has 0 bridgehead atoms. The zero-order valence-electron chi connectivity index (χ0n) is 7.85. The predicted molar refractivity (Wildman–Crippen MR) is 58.6 cm³/mol. The summed E-state index contributed by atoms with van der Waals surface area (Å²) in [5.74, 6) is 0.199. The summed E-state index contributed by atoms with van der Waals surface area (Å²) in [6.45, 7) is 0.159. The fourth-order valence-corrected chi connectivity index (χ4v) is 2.04. The monoisotopic (exact) mass is 248 g/mol. The van der Waals surface area contributed by atoms with Crippen molar-refractivity contribution in [1.82, 2.24) is 0 Å². The SMILES string of the molecule is CSc1c(C(=O)O)ccc2c1OCO2.Cl. The first kappa shape index (κ1) is 12.0. The van der Waals surface area contributed by atoms with Crippen molar-refractivity contribution in [3.8, 4) is 11.5 Å². The Balaban J connectivity index is 0.00000112. The van der Waals surface area contributed by atoms with Crippen molar-refractivity contribution in [2.24, 2.45) is 0 Å². The quantitative estimate of drug-likeness (QED) is 0.814. The molecule has 1 aliphatic heterocycles. The van der Waals surface area contributed by atoms with Crippen LogP contribution >= 0.6 is 24.2 Å². The zero-order chi connectivity index (χ0) is 10.1. The molecule has 6 heteroatoms. The zero-order valence-corrected chi connectivity index (χ0v) is 9.48. The third-order valence-electron chi connectivity index (χ3n) is 1.93. The van der Waals surface area contributed by atoms with E-state index in [2.05, 4.69) is 0 Å². The van der Waals surface area contributed by atoms with Gasteiger partial charge in [0.2, 0.25) is 6.79 Å². The van der Waals surface area contributed by atoms with Gasteiger partial charge in [-0.05, 0) is 18.4 Å². The molecular formula is C9H9ClO4S. The summed E-state index contributed by atoms with van der Waals surface area (Å²) < 4.78 is 10.4. The average Bonchev–Trinajstić information content (AvgIpc) is 2.63. The van der Waals surface area contributed by atoms with Gasteiger partial charge >= 0.3 is 5.97 Å². The van der Waals surface area contributed by atoms with E-state index in [1.165, 1.54) is 17.8 Å². The van der Waals surface area contributed by atoms with Crippen LogP contribution in [0.2, 0.25) is 0 Å². The molecule has 15 heavy (non-hydrogen) atoms. The average molecular weight is 249 g/mol. The molecule has 1 aliphatic rings. The molecule has 0 atom stereocenters. The first-order valence-electron chi connectivity index (χ1n) is 3.94. The number of rotatable bonds is 2. The summed E-state index contributed by atoms with van der Waals surface area (Å²) in [4.78, 5) is 11.5. The largest absolute Gasteiger partial charge is 0.478 e. The molecule has 0 fully saturated rings. The number of ether oxygens (including phenoxy) is 2. The Morgan fingerprint density at radius 2 is 2.20 bits per heavy atom. The number of aromatic carboxylic acids is 1. The van der Waals surface area contributed by atoms with Gasteiger partial charge < -0.3 is 14.6 Å². The van der Waals surface area contributed by atoms with Gasteiger partial charge in [0.15, 0.2) is 11.5 Å². The number of carboxylic acids is 1. The molecule has 1 aromatic rings. The summed E-state index contributed by atoms with van der Waals surface area (Å²) in [5.41, 5.74) is 0.252. The highest BCUT2D eigenvalue weighted by Crippen LogP contribution is 2.42. The molecule has 0 aromatic heterocycles. The van der Waals surface area contributed by atoms with Crippen LogP contribution in [0.1, 0.15) is 10.4 Å². The first-order valence-corrected chi connectivity index (χ1v) is 5.16. The molecule has 0 radical (unpaired) electrons. The Morgan fingerprint density at radius 3 is 2.80 bits per heavy atom. The van der Waals surface area contributed by atoms with E-state index in [1.807, 2.05) is 6.26 Å². The molecule has 0 amide bonds. The van der Waals surface area contributed by atoms with Crippen LogP contribution in [0.15, 0.2) is 17.0 Å². The van der Waals surface area contributed by atoms with Crippen LogP contribution in [0, 0.1) is 0 Å². The Hall–Kier alpha value is -1.07. The van der Waals surface area contributed by atoms with Crippen molar-refractivity contribution in [3.63, 3.8) is 0 Å². The van der Waals surface area contributed by atoms with Crippen LogP contribution in [0.25, 0.3) is 0 Å². The molecule has 0 aliphatic carbocycles. The lowest BCUT2D eigenvalue weighted by atomic mass is 10.2. The molecule has 1 heterocycles. The van der Waals surface area contributed by atoms with Crippen LogP contribution in [0.4, 0.5) is 0 Å². The Bertz CT molecular complexity index is 394. The van der Waals surface area contributed by atoms with Gasteiger partial charge in [0, 0.05) is 0 Å². The molecule has 82 valence electrons. The minimum atomic E-state index is -0.951. The normalized spacial score (nSPS) is 12.1. The van der Waals surface area contributed by atoms with Crippen LogP contribution in [0.5, 0.6) is 11.5 Å². The smallest absolute Gasteiger partial charge is 0.336 e. The lowest BCUT2D eigenvalue weighted by Gasteiger charge is -2.05. The van der Waals surface area contributed by atoms with Gasteiger partial charge in [-0.3, -0.25) is 0 Å². The minimum absolute atomic E-state index is 0. The van der Waals surface area contributed by atoms with E-state index in [1.54, 1.807) is 6.07 Å². The fourth-order valence-electron chi connectivity index (χ4n) is 1.32. The number of benzene rings is 1. The second-order valence-electron chi connectivity index (χ2n) is 2.69. The molecule has 0 saturated carbocycles. The van der Waals surface area contributed by atoms with E-state index in [0.29, 0.717) is 16.4 Å². The van der Waals surface area contributed by atoms with Gasteiger partial charge in [-0.1, -0.05) is 0 Å². The van der Waals surface area contributed by atoms with Crippen LogP contribution in [0.3, 0.4) is 0 Å². The van der Waals surface area contributed by atoms with E-state index >= 15 is 0 Å². The Labute approximate surface area is 97.0 Å². The lowest BCUT2D eigenvalue weighted by Crippen LogP contribution is -1.99. The first-order chi connectivity index (χ1) is 6.74. The standard InChI is InChI=1S/C9H8O4S.ClH/c1-14-8-5(9(10)11)2-3-6-7(8)13-4-12-6;/h2-3H,4H2,1H3,(H,10,11);1H. The summed E-state index contributed by atoms with van der Waals surface area (Å²) in [6.07, 6.45) is 1.81. The van der Waals surface area contributed by atoms with Gasteiger partial charge in [0.05, 0.1) is 10.5 Å². The van der Waals surface area contributed by atoms with Crippen molar-refractivity contribution >= 4 is 30.1 Å². The molecular weight excluding hydrogens is 240 g/mol. The van der Waals surface area contributed by atoms with Gasteiger partial charge in [0.1, 0.15) is 0 Å². The number of hydrogen-bond acceptors (Lipinski definition) is 4. The number of halogens is 1. The second-order valence-corrected chi connectivity index (χ2v) is 3.50. The molecule has 0 saturated heterocycles. The Kier molecular flexibility index (Phi) is 3.71. The topological polar surface area (TPSA) is 55.8 Å². The van der Waals surface area contributed by atoms with Gasteiger partial charge in [0.25, 0.3) is 0 Å². The number of hydrogen-bond donors (Lipinski definition) is 1.